The van der Waals surface area contributed by atoms with E-state index >= 15 is 0 Å². The highest BCUT2D eigenvalue weighted by atomic mass is 32.2. The van der Waals surface area contributed by atoms with Gasteiger partial charge in [-0.1, -0.05) is 0 Å². The number of nitrogens with zero attached hydrogens (tertiary/aromatic N) is 1. The quantitative estimate of drug-likeness (QED) is 0.159. The van der Waals surface area contributed by atoms with Crippen LogP contribution in [0.5, 0.6) is 0 Å². The van der Waals surface area contributed by atoms with Crippen molar-refractivity contribution in [2.75, 3.05) is 12.0 Å². The lowest BCUT2D eigenvalue weighted by atomic mass is 10.1. The van der Waals surface area contributed by atoms with E-state index in [0.29, 0.717) is 11.4 Å². The highest BCUT2D eigenvalue weighted by molar-refractivity contribution is 7.98. The Kier molecular flexibility index (Phi) is 11.2. The van der Waals surface area contributed by atoms with Crippen molar-refractivity contribution in [3.8, 4) is 0 Å². The summed E-state index contributed by atoms with van der Waals surface area (Å²) in [7, 11) is 0. The number of nitrogens with one attached hydrogen (secondary N) is 4. The molecule has 8 N–H and O–H groups in total. The Morgan fingerprint density at radius 1 is 1.06 bits per heavy atom. The lowest BCUT2D eigenvalue weighted by molar-refractivity contribution is -0.147. The summed E-state index contributed by atoms with van der Waals surface area (Å²) < 4.78 is 0. The largest absolute Gasteiger partial charge is 0.481 e. The van der Waals surface area contributed by atoms with Crippen LogP contribution in [0.2, 0.25) is 0 Å². The van der Waals surface area contributed by atoms with Gasteiger partial charge in [0, 0.05) is 18.3 Å². The monoisotopic (exact) mass is 472 g/mol. The third-order valence-corrected chi connectivity index (χ3v) is 4.91. The molecule has 0 fully saturated rings. The van der Waals surface area contributed by atoms with Crippen LogP contribution in [0, 0.1) is 0 Å². The Balaban J connectivity index is 3.03. The minimum absolute atomic E-state index is 0.0759. The highest BCUT2D eigenvalue weighted by Gasteiger charge is 2.31. The summed E-state index contributed by atoms with van der Waals surface area (Å²) in [6.45, 7) is 1.46. The molecule has 0 aliphatic carbocycles. The zero-order valence-electron chi connectivity index (χ0n) is 17.7. The molecule has 0 spiro atoms. The van der Waals surface area contributed by atoms with E-state index in [2.05, 4.69) is 25.9 Å². The molecule has 0 bridgehead atoms. The van der Waals surface area contributed by atoms with E-state index in [1.807, 2.05) is 6.26 Å². The third kappa shape index (κ3) is 9.34. The van der Waals surface area contributed by atoms with E-state index in [4.69, 9.17) is 10.8 Å². The maximum atomic E-state index is 12.9. The second-order valence-corrected chi connectivity index (χ2v) is 7.96. The van der Waals surface area contributed by atoms with Gasteiger partial charge in [0.1, 0.15) is 18.1 Å². The second-order valence-electron chi connectivity index (χ2n) is 6.97. The number of rotatable bonds is 14. The molecule has 1 aromatic heterocycles. The average Bonchev–Trinajstić information content (AvgIpc) is 3.22. The number of thioether (sulfide) groups is 1. The molecule has 1 heterocycles. The van der Waals surface area contributed by atoms with E-state index in [1.165, 1.54) is 31.2 Å². The van der Waals surface area contributed by atoms with Crippen molar-refractivity contribution in [3.63, 3.8) is 0 Å². The van der Waals surface area contributed by atoms with Crippen LogP contribution in [0.15, 0.2) is 12.5 Å². The minimum Gasteiger partial charge on any atom is -0.481 e. The van der Waals surface area contributed by atoms with Crippen LogP contribution in [0.25, 0.3) is 0 Å². The number of aromatic nitrogens is 2. The van der Waals surface area contributed by atoms with E-state index in [9.17, 15) is 29.1 Å². The standard InChI is InChI=1S/C18H28N6O7S/c1-9(19)15(27)22-11(3-4-32-2)16(28)23-12(5-10-7-20-8-21-10)17(29)24-13(18(30)31)6-14(25)26/h7-9,11-13H,3-6,19H2,1-2H3,(H,20,21)(H,22,27)(H,23,28)(H,24,29)(H,25,26)(H,30,31). The van der Waals surface area contributed by atoms with Crippen molar-refractivity contribution in [3.05, 3.63) is 18.2 Å². The van der Waals surface area contributed by atoms with Gasteiger partial charge in [0.2, 0.25) is 17.7 Å². The molecule has 13 nitrogen and oxygen atoms in total. The highest BCUT2D eigenvalue weighted by Crippen LogP contribution is 2.05. The number of aromatic amines is 1. The SMILES string of the molecule is CSCCC(NC(=O)C(C)N)C(=O)NC(Cc1cnc[nH]1)C(=O)NC(CC(=O)O)C(=O)O. The van der Waals surface area contributed by atoms with Crippen LogP contribution in [-0.2, 0) is 30.4 Å². The second kappa shape index (κ2) is 13.3. The van der Waals surface area contributed by atoms with Gasteiger partial charge >= 0.3 is 11.9 Å². The summed E-state index contributed by atoms with van der Waals surface area (Å²) in [5.41, 5.74) is 6.02. The van der Waals surface area contributed by atoms with Gasteiger partial charge in [0.15, 0.2) is 0 Å². The van der Waals surface area contributed by atoms with Gasteiger partial charge in [-0.2, -0.15) is 11.8 Å². The Hall–Kier alpha value is -3.13. The number of hydrogen-bond donors (Lipinski definition) is 7. The van der Waals surface area contributed by atoms with Gasteiger partial charge in [-0.05, 0) is 25.4 Å². The summed E-state index contributed by atoms with van der Waals surface area (Å²) in [4.78, 5) is 66.4. The van der Waals surface area contributed by atoms with Gasteiger partial charge in [-0.15, -0.1) is 0 Å². The van der Waals surface area contributed by atoms with E-state index in [1.54, 1.807) is 0 Å². The number of amides is 3. The minimum atomic E-state index is -1.69. The Morgan fingerprint density at radius 3 is 2.16 bits per heavy atom. The number of hydrogen-bond acceptors (Lipinski definition) is 8. The molecule has 1 rings (SSSR count). The molecular formula is C18H28N6O7S. The Morgan fingerprint density at radius 2 is 1.66 bits per heavy atom. The molecule has 4 atom stereocenters. The molecule has 1 aromatic rings. The van der Waals surface area contributed by atoms with Crippen molar-refractivity contribution < 1.29 is 34.2 Å². The van der Waals surface area contributed by atoms with Crippen LogP contribution < -0.4 is 21.7 Å². The predicted octanol–water partition coefficient (Wildman–Crippen LogP) is -1.93. The summed E-state index contributed by atoms with van der Waals surface area (Å²) in [5.74, 6) is -4.53. The number of aliphatic carboxylic acids is 2. The van der Waals surface area contributed by atoms with E-state index in [-0.39, 0.29) is 12.8 Å². The van der Waals surface area contributed by atoms with Crippen LogP contribution >= 0.6 is 11.8 Å². The molecule has 0 aliphatic heterocycles. The third-order valence-electron chi connectivity index (χ3n) is 4.26. The molecule has 4 unspecified atom stereocenters. The fourth-order valence-electron chi connectivity index (χ4n) is 2.55. The fraction of sp³-hybridized carbons (Fsp3) is 0.556. The molecule has 0 aromatic carbocycles. The van der Waals surface area contributed by atoms with E-state index < -0.39 is 60.2 Å². The number of H-pyrrole nitrogens is 1. The van der Waals surface area contributed by atoms with Gasteiger partial charge in [0.25, 0.3) is 0 Å². The Bertz CT molecular complexity index is 802. The summed E-state index contributed by atoms with van der Waals surface area (Å²) >= 11 is 1.45. The van der Waals surface area contributed by atoms with Crippen LogP contribution in [-0.4, -0.2) is 86.0 Å². The lowest BCUT2D eigenvalue weighted by Crippen LogP contribution is -2.57. The molecular weight excluding hydrogens is 444 g/mol. The molecule has 3 amide bonds. The number of carbonyl (C=O) groups excluding carboxylic acids is 3. The zero-order valence-corrected chi connectivity index (χ0v) is 18.5. The van der Waals surface area contributed by atoms with Crippen molar-refractivity contribution in [1.82, 2.24) is 25.9 Å². The summed E-state index contributed by atoms with van der Waals surface area (Å²) in [5, 5.41) is 25.2. The van der Waals surface area contributed by atoms with Crippen molar-refractivity contribution in [2.24, 2.45) is 5.73 Å². The van der Waals surface area contributed by atoms with Crippen molar-refractivity contribution in [1.29, 1.82) is 0 Å². The maximum absolute atomic E-state index is 12.9. The van der Waals surface area contributed by atoms with Gasteiger partial charge in [0.05, 0.1) is 18.8 Å². The summed E-state index contributed by atoms with van der Waals surface area (Å²) in [6.07, 6.45) is 3.95. The molecule has 0 radical (unpaired) electrons. The first-order valence-corrected chi connectivity index (χ1v) is 11.0. The van der Waals surface area contributed by atoms with Gasteiger partial charge in [-0.25, -0.2) is 9.78 Å². The normalized spacial score (nSPS) is 14.5. The fourth-order valence-corrected chi connectivity index (χ4v) is 3.02. The van der Waals surface area contributed by atoms with E-state index in [0.717, 1.165) is 0 Å². The number of imidazole rings is 1. The first-order chi connectivity index (χ1) is 15.0. The van der Waals surface area contributed by atoms with Crippen molar-refractivity contribution >= 4 is 41.4 Å². The molecule has 178 valence electrons. The Labute approximate surface area is 188 Å². The van der Waals surface area contributed by atoms with Crippen molar-refractivity contribution in [2.45, 2.75) is 50.4 Å². The summed E-state index contributed by atoms with van der Waals surface area (Å²) in [6, 6.07) is -4.78. The smallest absolute Gasteiger partial charge is 0.326 e. The average molecular weight is 473 g/mol. The van der Waals surface area contributed by atoms with Crippen LogP contribution in [0.3, 0.4) is 0 Å². The molecule has 0 aliphatic rings. The number of carbonyl (C=O) groups is 5. The lowest BCUT2D eigenvalue weighted by Gasteiger charge is -2.24. The predicted molar refractivity (Wildman–Crippen MR) is 115 cm³/mol. The molecule has 32 heavy (non-hydrogen) atoms. The molecule has 14 heteroatoms. The maximum Gasteiger partial charge on any atom is 0.326 e. The first kappa shape index (κ1) is 26.9. The molecule has 0 saturated carbocycles. The number of carboxylic acids is 2. The van der Waals surface area contributed by atoms with Crippen LogP contribution in [0.1, 0.15) is 25.5 Å². The topological polar surface area (TPSA) is 217 Å². The van der Waals surface area contributed by atoms with Crippen LogP contribution in [0.4, 0.5) is 0 Å². The molecule has 0 saturated heterocycles. The van der Waals surface area contributed by atoms with Gasteiger partial charge < -0.3 is 36.9 Å². The number of carboxylic acid groups (broad SMARTS) is 2. The number of nitrogens with two attached hydrogens (primary N) is 1. The first-order valence-electron chi connectivity index (χ1n) is 9.62. The van der Waals surface area contributed by atoms with Gasteiger partial charge in [-0.3, -0.25) is 19.2 Å². The zero-order chi connectivity index (χ0) is 24.3.